The van der Waals surface area contributed by atoms with Gasteiger partial charge < -0.3 is 11.1 Å². The SMILES string of the molecule is CCC1(CN=C(N)NCCc2ccccn2)CC1.I. The van der Waals surface area contributed by atoms with Crippen LogP contribution in [0, 0.1) is 5.41 Å². The lowest BCUT2D eigenvalue weighted by molar-refractivity contribution is 0.505. The number of nitrogens with one attached hydrogen (secondary N) is 1. The van der Waals surface area contributed by atoms with E-state index in [2.05, 4.69) is 22.2 Å². The van der Waals surface area contributed by atoms with Gasteiger partial charge >= 0.3 is 0 Å². The van der Waals surface area contributed by atoms with E-state index < -0.39 is 0 Å². The molecular weight excluding hydrogens is 351 g/mol. The highest BCUT2D eigenvalue weighted by Gasteiger charge is 2.40. The summed E-state index contributed by atoms with van der Waals surface area (Å²) in [5.41, 5.74) is 7.39. The zero-order valence-electron chi connectivity index (χ0n) is 11.4. The molecule has 0 spiro atoms. The van der Waals surface area contributed by atoms with Crippen LogP contribution in [0.3, 0.4) is 0 Å². The molecule has 106 valence electrons. The molecule has 19 heavy (non-hydrogen) atoms. The van der Waals surface area contributed by atoms with Gasteiger partial charge in [0, 0.05) is 31.4 Å². The van der Waals surface area contributed by atoms with Crippen molar-refractivity contribution in [2.45, 2.75) is 32.6 Å². The lowest BCUT2D eigenvalue weighted by atomic mass is 10.1. The molecule has 1 aromatic rings. The topological polar surface area (TPSA) is 63.3 Å². The molecular formula is C14H23IN4. The highest BCUT2D eigenvalue weighted by atomic mass is 127. The van der Waals surface area contributed by atoms with Gasteiger partial charge in [-0.25, -0.2) is 0 Å². The van der Waals surface area contributed by atoms with E-state index in [0.717, 1.165) is 25.2 Å². The number of nitrogens with zero attached hydrogens (tertiary/aromatic N) is 2. The Bertz CT molecular complexity index is 401. The second kappa shape index (κ2) is 7.67. The van der Waals surface area contributed by atoms with E-state index in [1.165, 1.54) is 19.3 Å². The highest BCUT2D eigenvalue weighted by molar-refractivity contribution is 14.0. The Labute approximate surface area is 132 Å². The van der Waals surface area contributed by atoms with Crippen molar-refractivity contribution in [1.29, 1.82) is 0 Å². The maximum Gasteiger partial charge on any atom is 0.188 e. The first-order valence-electron chi connectivity index (χ1n) is 6.68. The van der Waals surface area contributed by atoms with Gasteiger partial charge in [-0.3, -0.25) is 9.98 Å². The van der Waals surface area contributed by atoms with Gasteiger partial charge in [0.25, 0.3) is 0 Å². The molecule has 1 aromatic heterocycles. The Balaban J connectivity index is 0.00000180. The molecule has 4 nitrogen and oxygen atoms in total. The minimum absolute atomic E-state index is 0. The van der Waals surface area contributed by atoms with Crippen LogP contribution in [0.5, 0.6) is 0 Å². The zero-order valence-corrected chi connectivity index (χ0v) is 13.8. The van der Waals surface area contributed by atoms with Gasteiger partial charge in [0.1, 0.15) is 0 Å². The number of nitrogens with two attached hydrogens (primary N) is 1. The van der Waals surface area contributed by atoms with E-state index in [9.17, 15) is 0 Å². The summed E-state index contributed by atoms with van der Waals surface area (Å²) in [5.74, 6) is 0.561. The van der Waals surface area contributed by atoms with Gasteiger partial charge in [0.2, 0.25) is 0 Å². The summed E-state index contributed by atoms with van der Waals surface area (Å²) in [7, 11) is 0. The number of pyridine rings is 1. The highest BCUT2D eigenvalue weighted by Crippen LogP contribution is 2.48. The molecule has 0 radical (unpaired) electrons. The van der Waals surface area contributed by atoms with Crippen LogP contribution in [0.15, 0.2) is 29.4 Å². The van der Waals surface area contributed by atoms with Gasteiger partial charge in [0.15, 0.2) is 5.96 Å². The zero-order chi connectivity index (χ0) is 12.8. The van der Waals surface area contributed by atoms with E-state index in [-0.39, 0.29) is 24.0 Å². The van der Waals surface area contributed by atoms with Gasteiger partial charge in [-0.2, -0.15) is 0 Å². The molecule has 0 bridgehead atoms. The molecule has 0 saturated heterocycles. The molecule has 2 rings (SSSR count). The van der Waals surface area contributed by atoms with Gasteiger partial charge in [-0.15, -0.1) is 24.0 Å². The van der Waals surface area contributed by atoms with Crippen molar-refractivity contribution >= 4 is 29.9 Å². The fourth-order valence-electron chi connectivity index (χ4n) is 1.97. The number of guanidine groups is 1. The predicted octanol–water partition coefficient (Wildman–Crippen LogP) is 2.34. The van der Waals surface area contributed by atoms with Gasteiger partial charge in [-0.1, -0.05) is 13.0 Å². The third-order valence-corrected chi connectivity index (χ3v) is 3.71. The van der Waals surface area contributed by atoms with Crippen LogP contribution in [0.2, 0.25) is 0 Å². The van der Waals surface area contributed by atoms with Crippen molar-refractivity contribution < 1.29 is 0 Å². The van der Waals surface area contributed by atoms with Crippen LogP contribution < -0.4 is 11.1 Å². The fraction of sp³-hybridized carbons (Fsp3) is 0.571. The summed E-state index contributed by atoms with van der Waals surface area (Å²) in [5, 5.41) is 3.14. The number of rotatable bonds is 6. The summed E-state index contributed by atoms with van der Waals surface area (Å²) in [6, 6.07) is 5.94. The van der Waals surface area contributed by atoms with Gasteiger partial charge in [-0.05, 0) is 36.8 Å². The Hall–Kier alpha value is -0.850. The van der Waals surface area contributed by atoms with Crippen molar-refractivity contribution in [2.24, 2.45) is 16.1 Å². The van der Waals surface area contributed by atoms with Crippen LogP contribution in [0.1, 0.15) is 31.9 Å². The summed E-state index contributed by atoms with van der Waals surface area (Å²) in [6.07, 6.45) is 6.49. The molecule has 1 saturated carbocycles. The fourth-order valence-corrected chi connectivity index (χ4v) is 1.97. The Morgan fingerprint density at radius 3 is 2.84 bits per heavy atom. The molecule has 1 heterocycles. The molecule has 0 unspecified atom stereocenters. The maximum atomic E-state index is 5.85. The number of halogens is 1. The quantitative estimate of drug-likeness (QED) is 0.457. The van der Waals surface area contributed by atoms with E-state index in [4.69, 9.17) is 5.73 Å². The number of hydrogen-bond acceptors (Lipinski definition) is 2. The van der Waals surface area contributed by atoms with Crippen LogP contribution >= 0.6 is 24.0 Å². The summed E-state index contributed by atoms with van der Waals surface area (Å²) >= 11 is 0. The van der Waals surface area contributed by atoms with Crippen molar-refractivity contribution in [2.75, 3.05) is 13.1 Å². The third-order valence-electron chi connectivity index (χ3n) is 3.71. The lowest BCUT2D eigenvalue weighted by Gasteiger charge is -2.10. The Kier molecular flexibility index (Phi) is 6.54. The average Bonchev–Trinajstić information content (AvgIpc) is 3.18. The largest absolute Gasteiger partial charge is 0.370 e. The second-order valence-corrected chi connectivity index (χ2v) is 5.05. The number of aliphatic imine (C=N–C) groups is 1. The molecule has 1 aliphatic carbocycles. The molecule has 0 aliphatic heterocycles. The third kappa shape index (κ3) is 5.34. The molecule has 3 N–H and O–H groups in total. The van der Waals surface area contributed by atoms with Crippen LogP contribution in [-0.2, 0) is 6.42 Å². The normalized spacial score (nSPS) is 16.6. The smallest absolute Gasteiger partial charge is 0.188 e. The number of hydrogen-bond donors (Lipinski definition) is 2. The molecule has 0 aromatic carbocycles. The average molecular weight is 374 g/mol. The molecule has 1 fully saturated rings. The van der Waals surface area contributed by atoms with Crippen molar-refractivity contribution in [3.63, 3.8) is 0 Å². The Morgan fingerprint density at radius 1 is 1.47 bits per heavy atom. The standard InChI is InChI=1S/C14H22N4.HI/c1-2-14(7-8-14)11-18-13(15)17-10-6-12-5-3-4-9-16-12;/h3-5,9H,2,6-8,10-11H2,1H3,(H3,15,17,18);1H. The van der Waals surface area contributed by atoms with Crippen molar-refractivity contribution in [3.05, 3.63) is 30.1 Å². The van der Waals surface area contributed by atoms with E-state index in [0.29, 0.717) is 11.4 Å². The predicted molar refractivity (Wildman–Crippen MR) is 89.8 cm³/mol. The molecule has 0 atom stereocenters. The van der Waals surface area contributed by atoms with Crippen molar-refractivity contribution in [3.8, 4) is 0 Å². The summed E-state index contributed by atoms with van der Waals surface area (Å²) in [4.78, 5) is 8.69. The minimum atomic E-state index is 0. The van der Waals surface area contributed by atoms with Gasteiger partial charge in [0.05, 0.1) is 0 Å². The van der Waals surface area contributed by atoms with Crippen LogP contribution in [0.4, 0.5) is 0 Å². The summed E-state index contributed by atoms with van der Waals surface area (Å²) < 4.78 is 0. The second-order valence-electron chi connectivity index (χ2n) is 5.05. The molecule has 5 heteroatoms. The first-order valence-corrected chi connectivity index (χ1v) is 6.68. The van der Waals surface area contributed by atoms with Crippen molar-refractivity contribution in [1.82, 2.24) is 10.3 Å². The minimum Gasteiger partial charge on any atom is -0.370 e. The number of aromatic nitrogens is 1. The lowest BCUT2D eigenvalue weighted by Crippen LogP contribution is -2.34. The first-order chi connectivity index (χ1) is 8.74. The van der Waals surface area contributed by atoms with E-state index in [1.54, 1.807) is 0 Å². The Morgan fingerprint density at radius 2 is 2.26 bits per heavy atom. The van der Waals surface area contributed by atoms with E-state index >= 15 is 0 Å². The molecule has 1 aliphatic rings. The molecule has 0 amide bonds. The van der Waals surface area contributed by atoms with E-state index in [1.807, 2.05) is 24.4 Å². The monoisotopic (exact) mass is 374 g/mol. The van der Waals surface area contributed by atoms with Crippen LogP contribution in [-0.4, -0.2) is 24.0 Å². The maximum absolute atomic E-state index is 5.85. The first kappa shape index (κ1) is 16.2. The summed E-state index contributed by atoms with van der Waals surface area (Å²) in [6.45, 7) is 3.88. The van der Waals surface area contributed by atoms with Crippen LogP contribution in [0.25, 0.3) is 0 Å².